The molecule has 0 saturated heterocycles. The fourth-order valence-corrected chi connectivity index (χ4v) is 2.33. The van der Waals surface area contributed by atoms with Crippen molar-refractivity contribution in [2.75, 3.05) is 6.54 Å². The van der Waals surface area contributed by atoms with E-state index in [0.29, 0.717) is 5.56 Å². The van der Waals surface area contributed by atoms with E-state index in [1.807, 2.05) is 0 Å². The molecule has 0 unspecified atom stereocenters. The second kappa shape index (κ2) is 5.25. The third-order valence-electron chi connectivity index (χ3n) is 2.11. The fraction of sp³-hybridized carbons (Fsp3) is 0.250. The zero-order valence-corrected chi connectivity index (χ0v) is 10.7. The second-order valence-corrected chi connectivity index (χ2v) is 5.63. The van der Waals surface area contributed by atoms with Gasteiger partial charge in [-0.05, 0) is 26.0 Å². The minimum atomic E-state index is -3.57. The molecular weight excluding hydrogens is 238 g/mol. The van der Waals surface area contributed by atoms with Crippen LogP contribution in [0.5, 0.6) is 0 Å². The maximum atomic E-state index is 11.8. The summed E-state index contributed by atoms with van der Waals surface area (Å²) in [4.78, 5) is 11.3. The van der Waals surface area contributed by atoms with Crippen molar-refractivity contribution in [1.82, 2.24) is 4.72 Å². The molecule has 0 aliphatic carbocycles. The molecule has 0 aromatic heterocycles. The van der Waals surface area contributed by atoms with Crippen LogP contribution in [0.2, 0.25) is 0 Å². The summed E-state index contributed by atoms with van der Waals surface area (Å²) in [6.45, 7) is 6.93. The molecule has 0 atom stereocenters. The quantitative estimate of drug-likeness (QED) is 0.642. The summed E-state index contributed by atoms with van der Waals surface area (Å²) >= 11 is 0. The van der Waals surface area contributed by atoms with Crippen LogP contribution in [0.3, 0.4) is 0 Å². The molecule has 4 nitrogen and oxygen atoms in total. The van der Waals surface area contributed by atoms with Gasteiger partial charge in [-0.15, -0.1) is 0 Å². The monoisotopic (exact) mass is 253 g/mol. The maximum absolute atomic E-state index is 11.8. The van der Waals surface area contributed by atoms with Crippen LogP contribution in [0, 0.1) is 0 Å². The van der Waals surface area contributed by atoms with E-state index in [1.165, 1.54) is 19.1 Å². The number of sulfonamides is 1. The predicted molar refractivity (Wildman–Crippen MR) is 66.4 cm³/mol. The molecule has 0 spiro atoms. The predicted octanol–water partition coefficient (Wildman–Crippen LogP) is 1.74. The summed E-state index contributed by atoms with van der Waals surface area (Å²) in [6, 6.07) is 5.95. The molecule has 1 aromatic carbocycles. The summed E-state index contributed by atoms with van der Waals surface area (Å²) < 4.78 is 26.1. The van der Waals surface area contributed by atoms with Crippen molar-refractivity contribution >= 4 is 15.8 Å². The van der Waals surface area contributed by atoms with E-state index >= 15 is 0 Å². The zero-order valence-electron chi connectivity index (χ0n) is 9.86. The van der Waals surface area contributed by atoms with Crippen molar-refractivity contribution in [3.63, 3.8) is 0 Å². The van der Waals surface area contributed by atoms with Gasteiger partial charge in [-0.3, -0.25) is 4.79 Å². The summed E-state index contributed by atoms with van der Waals surface area (Å²) in [5, 5.41) is 0. The van der Waals surface area contributed by atoms with Gasteiger partial charge in [0.25, 0.3) is 0 Å². The van der Waals surface area contributed by atoms with Gasteiger partial charge in [0.15, 0.2) is 5.78 Å². The van der Waals surface area contributed by atoms with Gasteiger partial charge in [0.05, 0.1) is 4.90 Å². The van der Waals surface area contributed by atoms with Gasteiger partial charge in [0.2, 0.25) is 10.0 Å². The van der Waals surface area contributed by atoms with Crippen LogP contribution in [-0.2, 0) is 10.0 Å². The second-order valence-electron chi connectivity index (χ2n) is 3.87. The molecule has 0 radical (unpaired) electrons. The molecule has 17 heavy (non-hydrogen) atoms. The van der Waals surface area contributed by atoms with Crippen molar-refractivity contribution in [3.8, 4) is 0 Å². The van der Waals surface area contributed by atoms with Gasteiger partial charge in [0, 0.05) is 12.1 Å². The largest absolute Gasteiger partial charge is 0.295 e. The Labute approximate surface area is 101 Å². The Balaban J connectivity index is 3.03. The van der Waals surface area contributed by atoms with Crippen LogP contribution in [0.25, 0.3) is 0 Å². The topological polar surface area (TPSA) is 63.2 Å². The van der Waals surface area contributed by atoms with Crippen LogP contribution in [-0.4, -0.2) is 20.7 Å². The van der Waals surface area contributed by atoms with Crippen molar-refractivity contribution in [3.05, 3.63) is 42.0 Å². The third-order valence-corrected chi connectivity index (χ3v) is 3.51. The molecule has 0 saturated carbocycles. The van der Waals surface area contributed by atoms with Gasteiger partial charge in [-0.2, -0.15) is 0 Å². The molecular formula is C12H15NO3S. The van der Waals surface area contributed by atoms with Crippen molar-refractivity contribution in [2.24, 2.45) is 0 Å². The van der Waals surface area contributed by atoms with Gasteiger partial charge in [-0.1, -0.05) is 24.3 Å². The van der Waals surface area contributed by atoms with Crippen LogP contribution >= 0.6 is 0 Å². The Morgan fingerprint density at radius 3 is 2.53 bits per heavy atom. The number of benzene rings is 1. The highest BCUT2D eigenvalue weighted by Gasteiger charge is 2.14. The van der Waals surface area contributed by atoms with Crippen LogP contribution in [0.15, 0.2) is 41.3 Å². The van der Waals surface area contributed by atoms with Gasteiger partial charge in [0.1, 0.15) is 0 Å². The lowest BCUT2D eigenvalue weighted by molar-refractivity contribution is 0.101. The Morgan fingerprint density at radius 2 is 2.00 bits per heavy atom. The minimum Gasteiger partial charge on any atom is -0.295 e. The number of rotatable bonds is 5. The molecule has 1 rings (SSSR count). The first-order valence-corrected chi connectivity index (χ1v) is 6.56. The lowest BCUT2D eigenvalue weighted by Gasteiger charge is -2.07. The molecule has 0 aliphatic rings. The van der Waals surface area contributed by atoms with Gasteiger partial charge < -0.3 is 0 Å². The van der Waals surface area contributed by atoms with E-state index in [1.54, 1.807) is 19.1 Å². The normalized spacial score (nSPS) is 11.2. The first-order chi connectivity index (χ1) is 7.83. The lowest BCUT2D eigenvalue weighted by atomic mass is 10.2. The average molecular weight is 253 g/mol. The Bertz CT molecular complexity index is 547. The number of hydrogen-bond acceptors (Lipinski definition) is 3. The molecule has 1 N–H and O–H groups in total. The van der Waals surface area contributed by atoms with Crippen molar-refractivity contribution in [2.45, 2.75) is 18.7 Å². The van der Waals surface area contributed by atoms with Gasteiger partial charge >= 0.3 is 0 Å². The number of hydrogen-bond donors (Lipinski definition) is 1. The molecule has 0 bridgehead atoms. The van der Waals surface area contributed by atoms with Crippen molar-refractivity contribution < 1.29 is 13.2 Å². The molecule has 92 valence electrons. The highest BCUT2D eigenvalue weighted by Crippen LogP contribution is 2.12. The summed E-state index contributed by atoms with van der Waals surface area (Å²) in [5.41, 5.74) is 1.10. The van der Waals surface area contributed by atoms with Crippen LogP contribution in [0.4, 0.5) is 0 Å². The lowest BCUT2D eigenvalue weighted by Crippen LogP contribution is -2.25. The Kier molecular flexibility index (Phi) is 4.20. The molecule has 0 heterocycles. The third kappa shape index (κ3) is 3.80. The highest BCUT2D eigenvalue weighted by molar-refractivity contribution is 7.89. The first kappa shape index (κ1) is 13.6. The molecule has 0 amide bonds. The van der Waals surface area contributed by atoms with E-state index in [-0.39, 0.29) is 17.2 Å². The summed E-state index contributed by atoms with van der Waals surface area (Å²) in [6.07, 6.45) is 0. The molecule has 0 aliphatic heterocycles. The molecule has 5 heteroatoms. The first-order valence-electron chi connectivity index (χ1n) is 5.08. The minimum absolute atomic E-state index is 0.0893. The van der Waals surface area contributed by atoms with E-state index in [9.17, 15) is 13.2 Å². The Morgan fingerprint density at radius 1 is 1.35 bits per heavy atom. The number of ketones is 1. The van der Waals surface area contributed by atoms with E-state index in [2.05, 4.69) is 11.3 Å². The van der Waals surface area contributed by atoms with Crippen LogP contribution < -0.4 is 4.72 Å². The number of nitrogens with one attached hydrogen (secondary N) is 1. The number of carbonyl (C=O) groups is 1. The standard InChI is InChI=1S/C12H15NO3S/c1-9(2)8-13-17(15,16)12-6-4-5-11(7-12)10(3)14/h4-7,13H,1,8H2,2-3H3. The molecule has 1 aromatic rings. The highest BCUT2D eigenvalue weighted by atomic mass is 32.2. The SMILES string of the molecule is C=C(C)CNS(=O)(=O)c1cccc(C(C)=O)c1. The summed E-state index contributed by atoms with van der Waals surface area (Å²) in [7, 11) is -3.57. The van der Waals surface area contributed by atoms with Crippen molar-refractivity contribution in [1.29, 1.82) is 0 Å². The average Bonchev–Trinajstić information content (AvgIpc) is 2.27. The van der Waals surface area contributed by atoms with E-state index in [4.69, 9.17) is 0 Å². The van der Waals surface area contributed by atoms with Gasteiger partial charge in [-0.25, -0.2) is 13.1 Å². The van der Waals surface area contributed by atoms with Crippen LogP contribution in [0.1, 0.15) is 24.2 Å². The number of carbonyl (C=O) groups excluding carboxylic acids is 1. The van der Waals surface area contributed by atoms with E-state index in [0.717, 1.165) is 5.57 Å². The fourth-order valence-electron chi connectivity index (χ4n) is 1.18. The number of Topliss-reactive ketones (excluding diaryl/α,β-unsaturated/α-hetero) is 1. The smallest absolute Gasteiger partial charge is 0.240 e. The molecule has 0 fully saturated rings. The maximum Gasteiger partial charge on any atom is 0.240 e. The summed E-state index contributed by atoms with van der Waals surface area (Å²) in [5.74, 6) is -0.165. The van der Waals surface area contributed by atoms with E-state index < -0.39 is 10.0 Å². The Hall–Kier alpha value is -1.46. The zero-order chi connectivity index (χ0) is 13.1.